The zero-order valence-corrected chi connectivity index (χ0v) is 23.9. The molecule has 5 nitrogen and oxygen atoms in total. The number of hydrogen-bond donors (Lipinski definition) is 1. The summed E-state index contributed by atoms with van der Waals surface area (Å²) in [4.78, 5) is 18.9. The summed E-state index contributed by atoms with van der Waals surface area (Å²) in [5, 5.41) is 8.00. The molecule has 1 saturated carbocycles. The standard InChI is InChI=1S/C24H40O2.C4H6O2.C4H6O/c1-4-5-6-7-20-10-14-23(15-11-20)24-16-12-21(13-17-24)8-9-22(18-25-2)19-26-3;1-4(2-5)3-6;1-4(2)3-5/h10-11,14-15,21-22,24H,4-9,12-13,16-19H2,1-3H3;2,6H,1,3H2;3H,1H2,2H3. The van der Waals surface area contributed by atoms with Gasteiger partial charge in [0.05, 0.1) is 19.8 Å². The highest BCUT2D eigenvalue weighted by Crippen LogP contribution is 2.38. The second kappa shape index (κ2) is 23.1. The van der Waals surface area contributed by atoms with Crippen LogP contribution in [0.1, 0.15) is 88.7 Å². The molecule has 1 aromatic carbocycles. The molecule has 1 fully saturated rings. The van der Waals surface area contributed by atoms with Gasteiger partial charge in [-0.3, -0.25) is 9.59 Å². The van der Waals surface area contributed by atoms with E-state index in [2.05, 4.69) is 44.3 Å². The van der Waals surface area contributed by atoms with Gasteiger partial charge in [-0.05, 0) is 80.4 Å². The van der Waals surface area contributed by atoms with E-state index in [4.69, 9.17) is 14.6 Å². The molecule has 0 aliphatic heterocycles. The molecule has 0 aromatic heterocycles. The van der Waals surface area contributed by atoms with Gasteiger partial charge in [-0.2, -0.15) is 0 Å². The largest absolute Gasteiger partial charge is 0.392 e. The maximum Gasteiger partial charge on any atom is 0.147 e. The van der Waals surface area contributed by atoms with Gasteiger partial charge in [-0.25, -0.2) is 0 Å². The van der Waals surface area contributed by atoms with Crippen LogP contribution < -0.4 is 0 Å². The Morgan fingerprint density at radius 1 is 1.00 bits per heavy atom. The molecule has 0 atom stereocenters. The van der Waals surface area contributed by atoms with Gasteiger partial charge in [-0.15, -0.1) is 0 Å². The molecule has 1 N–H and O–H groups in total. The number of aliphatic hydroxyl groups excluding tert-OH is 1. The molecule has 1 aromatic rings. The molecule has 0 heterocycles. The molecule has 0 spiro atoms. The van der Waals surface area contributed by atoms with E-state index >= 15 is 0 Å². The number of benzene rings is 1. The lowest BCUT2D eigenvalue weighted by molar-refractivity contribution is -0.105. The first kappa shape index (κ1) is 34.9. The van der Waals surface area contributed by atoms with Crippen molar-refractivity contribution < 1.29 is 24.2 Å². The molecular weight excluding hydrogens is 464 g/mol. The SMILES string of the molecule is C=C(C)C=O.C=C(C=O)CO.CCCCCc1ccc(C2CCC(CCC(COC)COC)CC2)cc1. The van der Waals surface area contributed by atoms with Gasteiger partial charge in [0.25, 0.3) is 0 Å². The predicted octanol–water partition coefficient (Wildman–Crippen LogP) is 6.88. The summed E-state index contributed by atoms with van der Waals surface area (Å²) in [7, 11) is 3.59. The molecule has 37 heavy (non-hydrogen) atoms. The van der Waals surface area contributed by atoms with Crippen molar-refractivity contribution in [1.82, 2.24) is 0 Å². The van der Waals surface area contributed by atoms with E-state index in [0.717, 1.165) is 31.3 Å². The minimum Gasteiger partial charge on any atom is -0.392 e. The van der Waals surface area contributed by atoms with E-state index in [0.29, 0.717) is 17.8 Å². The minimum atomic E-state index is -0.233. The van der Waals surface area contributed by atoms with Gasteiger partial charge in [0, 0.05) is 25.7 Å². The van der Waals surface area contributed by atoms with Crippen LogP contribution in [0.25, 0.3) is 0 Å². The summed E-state index contributed by atoms with van der Waals surface area (Å²) in [6.07, 6.45) is 14.5. The Morgan fingerprint density at radius 3 is 1.97 bits per heavy atom. The first-order valence-electron chi connectivity index (χ1n) is 13.8. The van der Waals surface area contributed by atoms with E-state index in [1.165, 1.54) is 69.8 Å². The van der Waals surface area contributed by atoms with E-state index in [1.54, 1.807) is 26.7 Å². The fourth-order valence-corrected chi connectivity index (χ4v) is 4.51. The van der Waals surface area contributed by atoms with Gasteiger partial charge >= 0.3 is 0 Å². The van der Waals surface area contributed by atoms with Crippen LogP contribution >= 0.6 is 0 Å². The topological polar surface area (TPSA) is 72.8 Å². The smallest absolute Gasteiger partial charge is 0.147 e. The van der Waals surface area contributed by atoms with Crippen molar-refractivity contribution in [3.05, 3.63) is 59.7 Å². The lowest BCUT2D eigenvalue weighted by Crippen LogP contribution is -2.18. The van der Waals surface area contributed by atoms with E-state index < -0.39 is 0 Å². The third-order valence-electron chi connectivity index (χ3n) is 6.73. The maximum atomic E-state index is 9.48. The van der Waals surface area contributed by atoms with Crippen LogP contribution in [0.4, 0.5) is 0 Å². The van der Waals surface area contributed by atoms with Crippen LogP contribution in [0.5, 0.6) is 0 Å². The van der Waals surface area contributed by atoms with Crippen molar-refractivity contribution in [2.45, 2.75) is 84.0 Å². The molecule has 5 heteroatoms. The summed E-state index contributed by atoms with van der Waals surface area (Å²) in [5.74, 6) is 2.24. The number of methoxy groups -OCH3 is 2. The van der Waals surface area contributed by atoms with E-state index in [-0.39, 0.29) is 12.2 Å². The van der Waals surface area contributed by atoms with E-state index in [9.17, 15) is 9.59 Å². The summed E-state index contributed by atoms with van der Waals surface area (Å²) >= 11 is 0. The van der Waals surface area contributed by atoms with Crippen molar-refractivity contribution in [1.29, 1.82) is 0 Å². The molecule has 1 aliphatic carbocycles. The van der Waals surface area contributed by atoms with Gasteiger partial charge in [0.15, 0.2) is 0 Å². The molecule has 2 rings (SSSR count). The van der Waals surface area contributed by atoms with Crippen molar-refractivity contribution in [2.24, 2.45) is 11.8 Å². The van der Waals surface area contributed by atoms with Crippen LogP contribution in [0.3, 0.4) is 0 Å². The zero-order chi connectivity index (χ0) is 27.9. The van der Waals surface area contributed by atoms with E-state index in [1.807, 2.05) is 0 Å². The number of ether oxygens (including phenoxy) is 2. The second-order valence-corrected chi connectivity index (χ2v) is 10.2. The van der Waals surface area contributed by atoms with Gasteiger partial charge in [-0.1, -0.05) is 63.6 Å². The summed E-state index contributed by atoms with van der Waals surface area (Å²) in [5.41, 5.74) is 3.87. The van der Waals surface area contributed by atoms with Crippen molar-refractivity contribution >= 4 is 12.6 Å². The summed E-state index contributed by atoms with van der Waals surface area (Å²) in [6.45, 7) is 11.8. The number of aldehydes is 2. The molecule has 0 bridgehead atoms. The fourth-order valence-electron chi connectivity index (χ4n) is 4.51. The van der Waals surface area contributed by atoms with Gasteiger partial charge in [0.2, 0.25) is 0 Å². The Labute approximate surface area is 226 Å². The van der Waals surface area contributed by atoms with Crippen LogP contribution in [-0.4, -0.2) is 51.7 Å². The van der Waals surface area contributed by atoms with Crippen molar-refractivity contribution in [3.63, 3.8) is 0 Å². The number of aryl methyl sites for hydroxylation is 1. The van der Waals surface area contributed by atoms with Gasteiger partial charge < -0.3 is 14.6 Å². The number of hydrogen-bond acceptors (Lipinski definition) is 5. The number of carbonyl (C=O) groups is 2. The Hall–Kier alpha value is -2.08. The molecule has 0 radical (unpaired) electrons. The molecule has 0 amide bonds. The maximum absolute atomic E-state index is 9.48. The number of allylic oxidation sites excluding steroid dienone is 1. The normalized spacial score (nSPS) is 16.6. The first-order chi connectivity index (χ1) is 17.8. The predicted molar refractivity (Wildman–Crippen MR) is 154 cm³/mol. The molecule has 210 valence electrons. The number of aliphatic hydroxyl groups is 1. The Balaban J connectivity index is 0.000000987. The monoisotopic (exact) mass is 516 g/mol. The number of carbonyl (C=O) groups excluding carboxylic acids is 2. The highest BCUT2D eigenvalue weighted by atomic mass is 16.5. The van der Waals surface area contributed by atoms with Crippen molar-refractivity contribution in [2.75, 3.05) is 34.0 Å². The lowest BCUT2D eigenvalue weighted by Gasteiger charge is -2.30. The third kappa shape index (κ3) is 17.9. The average molecular weight is 517 g/mol. The lowest BCUT2D eigenvalue weighted by atomic mass is 9.76. The summed E-state index contributed by atoms with van der Waals surface area (Å²) < 4.78 is 10.7. The Morgan fingerprint density at radius 2 is 1.57 bits per heavy atom. The van der Waals surface area contributed by atoms with Crippen molar-refractivity contribution in [3.8, 4) is 0 Å². The van der Waals surface area contributed by atoms with Crippen LogP contribution in [0, 0.1) is 11.8 Å². The number of rotatable bonds is 15. The second-order valence-electron chi connectivity index (χ2n) is 10.2. The van der Waals surface area contributed by atoms with Crippen LogP contribution in [0.15, 0.2) is 48.6 Å². The molecule has 0 saturated heterocycles. The highest BCUT2D eigenvalue weighted by Gasteiger charge is 2.23. The Bertz CT molecular complexity index is 726. The zero-order valence-electron chi connectivity index (χ0n) is 23.9. The van der Waals surface area contributed by atoms with Crippen LogP contribution in [0.2, 0.25) is 0 Å². The van der Waals surface area contributed by atoms with Crippen LogP contribution in [-0.2, 0) is 25.5 Å². The number of unbranched alkanes of at least 4 members (excludes halogenated alkanes) is 2. The van der Waals surface area contributed by atoms with Gasteiger partial charge in [0.1, 0.15) is 12.6 Å². The Kier molecular flexibility index (Phi) is 21.8. The molecule has 0 unspecified atom stereocenters. The minimum absolute atomic E-state index is 0.218. The molecule has 1 aliphatic rings. The quantitative estimate of drug-likeness (QED) is 0.156. The fraction of sp³-hybridized carbons (Fsp3) is 0.625. The highest BCUT2D eigenvalue weighted by molar-refractivity contribution is 5.72. The first-order valence-corrected chi connectivity index (χ1v) is 13.8. The third-order valence-corrected chi connectivity index (χ3v) is 6.73. The molecular formula is C32H52O5. The average Bonchev–Trinajstić information content (AvgIpc) is 2.93. The summed E-state index contributed by atoms with van der Waals surface area (Å²) in [6, 6.07) is 9.55.